The van der Waals surface area contributed by atoms with E-state index in [0.717, 1.165) is 42.8 Å². The van der Waals surface area contributed by atoms with E-state index in [4.69, 9.17) is 4.74 Å². The molecule has 2 saturated carbocycles. The molecule has 1 aliphatic heterocycles. The lowest BCUT2D eigenvalue weighted by atomic mass is 9.76. The molecule has 2 bridgehead atoms. The first kappa shape index (κ1) is 7.14. The van der Waals surface area contributed by atoms with Gasteiger partial charge in [-0.3, -0.25) is 0 Å². The fourth-order valence-electron chi connectivity index (χ4n) is 3.77. The van der Waals surface area contributed by atoms with Crippen LogP contribution in [0.5, 0.6) is 0 Å². The molecular weight excluding hydrogens is 148 g/mol. The van der Waals surface area contributed by atoms with E-state index in [-0.39, 0.29) is 0 Å². The fourth-order valence-corrected chi connectivity index (χ4v) is 3.77. The van der Waals surface area contributed by atoms with E-state index in [2.05, 4.69) is 12.7 Å². The van der Waals surface area contributed by atoms with Gasteiger partial charge in [0.1, 0.15) is 0 Å². The van der Waals surface area contributed by atoms with Crippen LogP contribution in [0.25, 0.3) is 0 Å². The van der Waals surface area contributed by atoms with Crippen LogP contribution in [0, 0.1) is 29.6 Å². The molecule has 3 rings (SSSR count). The highest BCUT2D eigenvalue weighted by molar-refractivity contribution is 5.06. The van der Waals surface area contributed by atoms with Crippen molar-refractivity contribution in [1.82, 2.24) is 0 Å². The molecule has 1 saturated heterocycles. The van der Waals surface area contributed by atoms with E-state index in [1.165, 1.54) is 12.8 Å². The van der Waals surface area contributed by atoms with E-state index in [1.54, 1.807) is 0 Å². The predicted octanol–water partition coefficient (Wildman–Crippen LogP) is 2.09. The summed E-state index contributed by atoms with van der Waals surface area (Å²) < 4.78 is 5.55. The number of allylic oxidation sites excluding steroid dienone is 1. The molecule has 66 valence electrons. The van der Waals surface area contributed by atoms with Crippen LogP contribution in [-0.4, -0.2) is 13.2 Å². The second-order valence-corrected chi connectivity index (χ2v) is 4.66. The van der Waals surface area contributed by atoms with Gasteiger partial charge in [-0.2, -0.15) is 0 Å². The molecule has 0 N–H and O–H groups in total. The zero-order valence-electron chi connectivity index (χ0n) is 7.41. The van der Waals surface area contributed by atoms with Gasteiger partial charge in [-0.25, -0.2) is 0 Å². The van der Waals surface area contributed by atoms with Gasteiger partial charge in [0.15, 0.2) is 0 Å². The lowest BCUT2D eigenvalue weighted by molar-refractivity contribution is 0.162. The summed E-state index contributed by atoms with van der Waals surface area (Å²) in [7, 11) is 0. The number of ether oxygens (including phenoxy) is 1. The Kier molecular flexibility index (Phi) is 1.40. The second-order valence-electron chi connectivity index (χ2n) is 4.66. The number of hydrogen-bond acceptors (Lipinski definition) is 1. The first-order valence-electron chi connectivity index (χ1n) is 5.10. The van der Waals surface area contributed by atoms with Crippen LogP contribution >= 0.6 is 0 Å². The SMILES string of the molecule is C=C[C@@H]1C[C@@H]2C[C@H]1[C@@H]1COC[C@H]21. The van der Waals surface area contributed by atoms with Crippen molar-refractivity contribution in [2.45, 2.75) is 12.8 Å². The van der Waals surface area contributed by atoms with Crippen molar-refractivity contribution in [3.8, 4) is 0 Å². The highest BCUT2D eigenvalue weighted by atomic mass is 16.5. The minimum atomic E-state index is 0.818. The first-order chi connectivity index (χ1) is 5.90. The van der Waals surface area contributed by atoms with Crippen LogP contribution in [0.15, 0.2) is 12.7 Å². The Bertz CT molecular complexity index is 211. The van der Waals surface area contributed by atoms with Crippen LogP contribution in [0.2, 0.25) is 0 Å². The monoisotopic (exact) mass is 164 g/mol. The third-order valence-electron chi connectivity index (χ3n) is 4.33. The van der Waals surface area contributed by atoms with E-state index >= 15 is 0 Å². The molecule has 5 atom stereocenters. The van der Waals surface area contributed by atoms with Gasteiger partial charge in [0.25, 0.3) is 0 Å². The molecule has 3 fully saturated rings. The molecular formula is C11H16O. The minimum Gasteiger partial charge on any atom is -0.381 e. The van der Waals surface area contributed by atoms with Gasteiger partial charge in [0.2, 0.25) is 0 Å². The highest BCUT2D eigenvalue weighted by Gasteiger charge is 2.53. The fraction of sp³-hybridized carbons (Fsp3) is 0.818. The third-order valence-corrected chi connectivity index (χ3v) is 4.33. The summed E-state index contributed by atoms with van der Waals surface area (Å²) in [6.07, 6.45) is 5.05. The Hall–Kier alpha value is -0.300. The largest absolute Gasteiger partial charge is 0.381 e. The summed E-state index contributed by atoms with van der Waals surface area (Å²) in [5.41, 5.74) is 0. The number of fused-ring (bicyclic) bond motifs is 5. The van der Waals surface area contributed by atoms with E-state index in [9.17, 15) is 0 Å². The standard InChI is InChI=1S/C11H16O/c1-2-7-3-8-4-9(7)11-6-12-5-10(8)11/h2,7-11H,1,3-6H2/t7-,8-,9-,10-,11+/m1/s1. The molecule has 0 radical (unpaired) electrons. The molecule has 1 heterocycles. The minimum absolute atomic E-state index is 0.818. The molecule has 12 heavy (non-hydrogen) atoms. The van der Waals surface area contributed by atoms with Crippen LogP contribution < -0.4 is 0 Å². The maximum absolute atomic E-state index is 5.55. The normalized spacial score (nSPS) is 55.8. The lowest BCUT2D eigenvalue weighted by Gasteiger charge is -2.27. The van der Waals surface area contributed by atoms with Gasteiger partial charge in [0.05, 0.1) is 13.2 Å². The molecule has 0 unspecified atom stereocenters. The van der Waals surface area contributed by atoms with Gasteiger partial charge in [-0.1, -0.05) is 6.08 Å². The molecule has 0 aromatic carbocycles. The van der Waals surface area contributed by atoms with Gasteiger partial charge < -0.3 is 4.74 Å². The summed E-state index contributed by atoms with van der Waals surface area (Å²) in [5.74, 6) is 4.54. The summed E-state index contributed by atoms with van der Waals surface area (Å²) in [6.45, 7) is 6.02. The average molecular weight is 164 g/mol. The van der Waals surface area contributed by atoms with Crippen molar-refractivity contribution in [2.24, 2.45) is 29.6 Å². The average Bonchev–Trinajstić information content (AvgIpc) is 2.75. The molecule has 0 aromatic heterocycles. The van der Waals surface area contributed by atoms with E-state index in [1.807, 2.05) is 0 Å². The maximum Gasteiger partial charge on any atom is 0.0500 e. The topological polar surface area (TPSA) is 9.23 Å². The highest BCUT2D eigenvalue weighted by Crippen LogP contribution is 2.57. The molecule has 3 aliphatic rings. The molecule has 0 amide bonds. The number of rotatable bonds is 1. The predicted molar refractivity (Wildman–Crippen MR) is 47.7 cm³/mol. The van der Waals surface area contributed by atoms with Crippen LogP contribution in [0.4, 0.5) is 0 Å². The van der Waals surface area contributed by atoms with Crippen LogP contribution in [-0.2, 0) is 4.74 Å². The van der Waals surface area contributed by atoms with Crippen molar-refractivity contribution in [2.75, 3.05) is 13.2 Å². The van der Waals surface area contributed by atoms with Crippen molar-refractivity contribution < 1.29 is 4.74 Å². The summed E-state index contributed by atoms with van der Waals surface area (Å²) in [5, 5.41) is 0. The quantitative estimate of drug-likeness (QED) is 0.539. The number of hydrogen-bond donors (Lipinski definition) is 0. The van der Waals surface area contributed by atoms with Gasteiger partial charge in [0, 0.05) is 0 Å². The Morgan fingerprint density at radius 1 is 1.08 bits per heavy atom. The summed E-state index contributed by atoms with van der Waals surface area (Å²) in [6, 6.07) is 0. The molecule has 1 nitrogen and oxygen atoms in total. The van der Waals surface area contributed by atoms with E-state index in [0.29, 0.717) is 0 Å². The van der Waals surface area contributed by atoms with Crippen molar-refractivity contribution in [1.29, 1.82) is 0 Å². The zero-order chi connectivity index (χ0) is 8.13. The summed E-state index contributed by atoms with van der Waals surface area (Å²) in [4.78, 5) is 0. The Balaban J connectivity index is 1.87. The molecule has 1 heteroatoms. The second kappa shape index (κ2) is 2.35. The van der Waals surface area contributed by atoms with Crippen molar-refractivity contribution >= 4 is 0 Å². The van der Waals surface area contributed by atoms with Crippen molar-refractivity contribution in [3.05, 3.63) is 12.7 Å². The Labute approximate surface area is 73.8 Å². The van der Waals surface area contributed by atoms with E-state index < -0.39 is 0 Å². The first-order valence-corrected chi connectivity index (χ1v) is 5.10. The van der Waals surface area contributed by atoms with Gasteiger partial charge >= 0.3 is 0 Å². The molecule has 2 aliphatic carbocycles. The van der Waals surface area contributed by atoms with Crippen molar-refractivity contribution in [3.63, 3.8) is 0 Å². The lowest BCUT2D eigenvalue weighted by Crippen LogP contribution is -2.25. The third kappa shape index (κ3) is 0.731. The van der Waals surface area contributed by atoms with Gasteiger partial charge in [-0.05, 0) is 42.4 Å². The van der Waals surface area contributed by atoms with Crippen LogP contribution in [0.3, 0.4) is 0 Å². The summed E-state index contributed by atoms with van der Waals surface area (Å²) >= 11 is 0. The Morgan fingerprint density at radius 3 is 2.75 bits per heavy atom. The Morgan fingerprint density at radius 2 is 1.92 bits per heavy atom. The smallest absolute Gasteiger partial charge is 0.0500 e. The molecule has 0 spiro atoms. The van der Waals surface area contributed by atoms with Crippen LogP contribution in [0.1, 0.15) is 12.8 Å². The van der Waals surface area contributed by atoms with Gasteiger partial charge in [-0.15, -0.1) is 6.58 Å². The zero-order valence-corrected chi connectivity index (χ0v) is 7.41. The molecule has 0 aromatic rings. The maximum atomic E-state index is 5.55.